The summed E-state index contributed by atoms with van der Waals surface area (Å²) in [4.78, 5) is 5.53. The van der Waals surface area contributed by atoms with Gasteiger partial charge in [0, 0.05) is 11.1 Å². The molecular formula is C16H20N2OS. The molecule has 0 aliphatic carbocycles. The molecule has 0 saturated heterocycles. The van der Waals surface area contributed by atoms with E-state index in [1.165, 1.54) is 10.5 Å². The molecule has 0 aliphatic heterocycles. The third-order valence-electron chi connectivity index (χ3n) is 3.12. The molecular weight excluding hydrogens is 268 g/mol. The molecule has 0 fully saturated rings. The SMILES string of the molecule is CCSc1ccc(C(NC)c2cncc(OC)c2)cc1. The van der Waals surface area contributed by atoms with Crippen molar-refractivity contribution < 1.29 is 4.74 Å². The number of pyridine rings is 1. The zero-order valence-electron chi connectivity index (χ0n) is 12.1. The first-order valence-electron chi connectivity index (χ1n) is 6.67. The highest BCUT2D eigenvalue weighted by Gasteiger charge is 2.13. The van der Waals surface area contributed by atoms with Crippen LogP contribution in [0.4, 0.5) is 0 Å². The standard InChI is InChI=1S/C16H20N2OS/c1-4-20-15-7-5-12(6-8-15)16(17-2)13-9-14(19-3)11-18-10-13/h5-11,16-17H,4H2,1-3H3. The molecule has 0 amide bonds. The lowest BCUT2D eigenvalue weighted by Crippen LogP contribution is -2.17. The van der Waals surface area contributed by atoms with Gasteiger partial charge in [-0.2, -0.15) is 0 Å². The molecule has 2 aromatic rings. The van der Waals surface area contributed by atoms with Crippen molar-refractivity contribution in [3.8, 4) is 5.75 Å². The molecule has 1 unspecified atom stereocenters. The van der Waals surface area contributed by atoms with Crippen LogP contribution in [0.1, 0.15) is 24.1 Å². The van der Waals surface area contributed by atoms with Crippen LogP contribution >= 0.6 is 11.8 Å². The van der Waals surface area contributed by atoms with Crippen molar-refractivity contribution >= 4 is 11.8 Å². The topological polar surface area (TPSA) is 34.2 Å². The van der Waals surface area contributed by atoms with Gasteiger partial charge in [0.25, 0.3) is 0 Å². The van der Waals surface area contributed by atoms with Crippen LogP contribution in [0, 0.1) is 0 Å². The van der Waals surface area contributed by atoms with Crippen molar-refractivity contribution in [2.75, 3.05) is 19.9 Å². The van der Waals surface area contributed by atoms with Gasteiger partial charge in [-0.15, -0.1) is 11.8 Å². The second-order valence-corrected chi connectivity index (χ2v) is 5.72. The number of methoxy groups -OCH3 is 1. The predicted octanol–water partition coefficient (Wildman–Crippen LogP) is 3.51. The van der Waals surface area contributed by atoms with Crippen LogP contribution in [0.25, 0.3) is 0 Å². The number of rotatable bonds is 6. The maximum Gasteiger partial charge on any atom is 0.137 e. The number of benzene rings is 1. The highest BCUT2D eigenvalue weighted by atomic mass is 32.2. The molecule has 1 atom stereocenters. The van der Waals surface area contributed by atoms with E-state index < -0.39 is 0 Å². The first-order valence-corrected chi connectivity index (χ1v) is 7.66. The summed E-state index contributed by atoms with van der Waals surface area (Å²) < 4.78 is 5.24. The summed E-state index contributed by atoms with van der Waals surface area (Å²) in [5.74, 6) is 1.87. The van der Waals surface area contributed by atoms with Gasteiger partial charge in [0.2, 0.25) is 0 Å². The molecule has 1 heterocycles. The monoisotopic (exact) mass is 288 g/mol. The Labute approximate surface area is 124 Å². The Morgan fingerprint density at radius 1 is 1.20 bits per heavy atom. The van der Waals surface area contributed by atoms with E-state index in [1.807, 2.05) is 31.1 Å². The van der Waals surface area contributed by atoms with Crippen molar-refractivity contribution in [1.82, 2.24) is 10.3 Å². The molecule has 0 saturated carbocycles. The maximum absolute atomic E-state index is 5.24. The predicted molar refractivity (Wildman–Crippen MR) is 84.5 cm³/mol. The van der Waals surface area contributed by atoms with Crippen molar-refractivity contribution in [3.05, 3.63) is 53.9 Å². The van der Waals surface area contributed by atoms with Crippen LogP contribution in [0.5, 0.6) is 5.75 Å². The van der Waals surface area contributed by atoms with E-state index in [1.54, 1.807) is 13.3 Å². The summed E-state index contributed by atoms with van der Waals surface area (Å²) in [7, 11) is 3.62. The zero-order valence-corrected chi connectivity index (χ0v) is 12.9. The molecule has 1 N–H and O–H groups in total. The highest BCUT2D eigenvalue weighted by Crippen LogP contribution is 2.26. The molecule has 3 nitrogen and oxygen atoms in total. The van der Waals surface area contributed by atoms with Crippen LogP contribution in [-0.2, 0) is 0 Å². The fourth-order valence-corrected chi connectivity index (χ4v) is 2.82. The van der Waals surface area contributed by atoms with Gasteiger partial charge in [0.15, 0.2) is 0 Å². The number of hydrogen-bond acceptors (Lipinski definition) is 4. The first-order chi connectivity index (χ1) is 9.78. The minimum Gasteiger partial charge on any atom is -0.495 e. The fourth-order valence-electron chi connectivity index (χ4n) is 2.15. The minimum atomic E-state index is 0.123. The molecule has 1 aromatic carbocycles. The Kier molecular flexibility index (Phi) is 5.44. The second-order valence-electron chi connectivity index (χ2n) is 4.38. The minimum absolute atomic E-state index is 0.123. The summed E-state index contributed by atoms with van der Waals surface area (Å²) in [5.41, 5.74) is 2.32. The highest BCUT2D eigenvalue weighted by molar-refractivity contribution is 7.99. The van der Waals surface area contributed by atoms with Crippen molar-refractivity contribution in [2.24, 2.45) is 0 Å². The zero-order chi connectivity index (χ0) is 14.4. The Hall–Kier alpha value is -1.52. The van der Waals surface area contributed by atoms with Crippen LogP contribution in [-0.4, -0.2) is 24.9 Å². The van der Waals surface area contributed by atoms with E-state index in [9.17, 15) is 0 Å². The Morgan fingerprint density at radius 3 is 2.55 bits per heavy atom. The lowest BCUT2D eigenvalue weighted by Gasteiger charge is -2.17. The number of aromatic nitrogens is 1. The third-order valence-corrected chi connectivity index (χ3v) is 4.01. The lowest BCUT2D eigenvalue weighted by molar-refractivity contribution is 0.411. The smallest absolute Gasteiger partial charge is 0.137 e. The summed E-state index contributed by atoms with van der Waals surface area (Å²) in [6.45, 7) is 2.16. The molecule has 20 heavy (non-hydrogen) atoms. The number of nitrogens with zero attached hydrogens (tertiary/aromatic N) is 1. The van der Waals surface area contributed by atoms with Crippen LogP contribution in [0.15, 0.2) is 47.6 Å². The van der Waals surface area contributed by atoms with Gasteiger partial charge in [-0.1, -0.05) is 19.1 Å². The van der Waals surface area contributed by atoms with Gasteiger partial charge >= 0.3 is 0 Å². The molecule has 0 radical (unpaired) electrons. The van der Waals surface area contributed by atoms with E-state index >= 15 is 0 Å². The van der Waals surface area contributed by atoms with Gasteiger partial charge in [-0.25, -0.2) is 0 Å². The van der Waals surface area contributed by atoms with E-state index in [-0.39, 0.29) is 6.04 Å². The number of nitrogens with one attached hydrogen (secondary N) is 1. The van der Waals surface area contributed by atoms with Crippen LogP contribution in [0.3, 0.4) is 0 Å². The number of hydrogen-bond donors (Lipinski definition) is 1. The Morgan fingerprint density at radius 2 is 1.95 bits per heavy atom. The maximum atomic E-state index is 5.24. The van der Waals surface area contributed by atoms with Crippen molar-refractivity contribution in [3.63, 3.8) is 0 Å². The molecule has 1 aromatic heterocycles. The number of thioether (sulfide) groups is 1. The van der Waals surface area contributed by atoms with Crippen LogP contribution in [0.2, 0.25) is 0 Å². The summed E-state index contributed by atoms with van der Waals surface area (Å²) >= 11 is 1.85. The van der Waals surface area contributed by atoms with E-state index in [0.717, 1.165) is 17.1 Å². The van der Waals surface area contributed by atoms with E-state index in [2.05, 4.69) is 41.5 Å². The lowest BCUT2D eigenvalue weighted by atomic mass is 10.0. The van der Waals surface area contributed by atoms with E-state index in [4.69, 9.17) is 4.74 Å². The summed E-state index contributed by atoms with van der Waals surface area (Å²) in [6, 6.07) is 10.8. The summed E-state index contributed by atoms with van der Waals surface area (Å²) in [6.07, 6.45) is 3.59. The quantitative estimate of drug-likeness (QED) is 0.825. The molecule has 4 heteroatoms. The van der Waals surface area contributed by atoms with Gasteiger partial charge < -0.3 is 10.1 Å². The average molecular weight is 288 g/mol. The normalized spacial score (nSPS) is 12.2. The van der Waals surface area contributed by atoms with Gasteiger partial charge in [-0.3, -0.25) is 4.98 Å². The molecule has 0 bridgehead atoms. The van der Waals surface area contributed by atoms with E-state index in [0.29, 0.717) is 0 Å². The molecule has 2 rings (SSSR count). The first kappa shape index (κ1) is 14.9. The Balaban J connectivity index is 2.26. The van der Waals surface area contributed by atoms with Crippen molar-refractivity contribution in [2.45, 2.75) is 17.9 Å². The molecule has 0 aliphatic rings. The Bertz CT molecular complexity index is 542. The average Bonchev–Trinajstić information content (AvgIpc) is 2.50. The van der Waals surface area contributed by atoms with Gasteiger partial charge in [0.1, 0.15) is 5.75 Å². The van der Waals surface area contributed by atoms with Crippen molar-refractivity contribution in [1.29, 1.82) is 0 Å². The number of ether oxygens (including phenoxy) is 1. The third kappa shape index (κ3) is 3.52. The fraction of sp³-hybridized carbons (Fsp3) is 0.312. The van der Waals surface area contributed by atoms with Gasteiger partial charge in [0.05, 0.1) is 19.3 Å². The van der Waals surface area contributed by atoms with Gasteiger partial charge in [-0.05, 0) is 42.1 Å². The summed E-state index contributed by atoms with van der Waals surface area (Å²) in [5, 5.41) is 3.34. The molecule has 106 valence electrons. The molecule has 0 spiro atoms. The second kappa shape index (κ2) is 7.31. The largest absolute Gasteiger partial charge is 0.495 e. The van der Waals surface area contributed by atoms with Crippen LogP contribution < -0.4 is 10.1 Å².